The van der Waals surface area contributed by atoms with Crippen molar-refractivity contribution in [3.63, 3.8) is 0 Å². The van der Waals surface area contributed by atoms with E-state index in [1.54, 1.807) is 13.0 Å². The zero-order chi connectivity index (χ0) is 13.1. The SMILES string of the molecule is COC(=O)c1cc(CSc2nnc(N)s2)oc1C. The molecule has 18 heavy (non-hydrogen) atoms. The highest BCUT2D eigenvalue weighted by Crippen LogP contribution is 2.28. The number of esters is 1. The number of aromatic nitrogens is 2. The second-order valence-corrected chi connectivity index (χ2v) is 5.60. The summed E-state index contributed by atoms with van der Waals surface area (Å²) in [6, 6.07) is 1.68. The second-order valence-electron chi connectivity index (χ2n) is 3.37. The van der Waals surface area contributed by atoms with Gasteiger partial charge in [-0.15, -0.1) is 10.2 Å². The minimum Gasteiger partial charge on any atom is -0.465 e. The van der Waals surface area contributed by atoms with Crippen molar-refractivity contribution in [1.82, 2.24) is 10.2 Å². The van der Waals surface area contributed by atoms with Crippen LogP contribution in [-0.4, -0.2) is 23.3 Å². The normalized spacial score (nSPS) is 10.6. The molecule has 0 aliphatic heterocycles. The molecule has 0 saturated carbocycles. The Bertz CT molecular complexity index is 564. The van der Waals surface area contributed by atoms with Crippen molar-refractivity contribution in [2.24, 2.45) is 0 Å². The number of furan rings is 1. The molecule has 6 nitrogen and oxygen atoms in total. The number of rotatable bonds is 4. The zero-order valence-corrected chi connectivity index (χ0v) is 11.4. The van der Waals surface area contributed by atoms with Gasteiger partial charge in [-0.25, -0.2) is 4.79 Å². The lowest BCUT2D eigenvalue weighted by atomic mass is 10.2. The van der Waals surface area contributed by atoms with Gasteiger partial charge >= 0.3 is 5.97 Å². The minimum absolute atomic E-state index is 0.396. The van der Waals surface area contributed by atoms with Crippen LogP contribution in [0.25, 0.3) is 0 Å². The third-order valence-electron chi connectivity index (χ3n) is 2.13. The molecule has 2 rings (SSSR count). The summed E-state index contributed by atoms with van der Waals surface area (Å²) in [6.07, 6.45) is 0. The van der Waals surface area contributed by atoms with Crippen LogP contribution in [0.4, 0.5) is 5.13 Å². The summed E-state index contributed by atoms with van der Waals surface area (Å²) in [5, 5.41) is 8.03. The lowest BCUT2D eigenvalue weighted by Gasteiger charge is -1.93. The fourth-order valence-electron chi connectivity index (χ4n) is 1.34. The van der Waals surface area contributed by atoms with E-state index < -0.39 is 5.97 Å². The Kier molecular flexibility index (Phi) is 3.87. The van der Waals surface area contributed by atoms with Crippen molar-refractivity contribution in [2.45, 2.75) is 17.0 Å². The molecule has 0 aliphatic rings. The number of nitrogen functional groups attached to an aromatic ring is 1. The summed E-state index contributed by atoms with van der Waals surface area (Å²) in [7, 11) is 1.34. The molecule has 0 atom stereocenters. The fraction of sp³-hybridized carbons (Fsp3) is 0.300. The van der Waals surface area contributed by atoms with Crippen LogP contribution in [0.2, 0.25) is 0 Å². The molecule has 0 bridgehead atoms. The van der Waals surface area contributed by atoms with E-state index in [-0.39, 0.29) is 0 Å². The molecule has 96 valence electrons. The molecule has 2 N–H and O–H groups in total. The molecule has 0 spiro atoms. The molecule has 2 aromatic heterocycles. The van der Waals surface area contributed by atoms with Crippen LogP contribution >= 0.6 is 23.1 Å². The van der Waals surface area contributed by atoms with Crippen molar-refractivity contribution >= 4 is 34.2 Å². The van der Waals surface area contributed by atoms with Crippen molar-refractivity contribution < 1.29 is 13.9 Å². The summed E-state index contributed by atoms with van der Waals surface area (Å²) in [5.41, 5.74) is 5.93. The van der Waals surface area contributed by atoms with E-state index in [9.17, 15) is 4.79 Å². The maximum Gasteiger partial charge on any atom is 0.341 e. The average Bonchev–Trinajstić information content (AvgIpc) is 2.92. The number of nitrogens with zero attached hydrogens (tertiary/aromatic N) is 2. The number of ether oxygens (including phenoxy) is 1. The highest BCUT2D eigenvalue weighted by Gasteiger charge is 2.15. The average molecular weight is 285 g/mol. The van der Waals surface area contributed by atoms with Crippen molar-refractivity contribution in [3.05, 3.63) is 23.2 Å². The number of hydrogen-bond acceptors (Lipinski definition) is 8. The smallest absolute Gasteiger partial charge is 0.341 e. The summed E-state index contributed by atoms with van der Waals surface area (Å²) in [4.78, 5) is 11.4. The van der Waals surface area contributed by atoms with E-state index in [1.807, 2.05) is 0 Å². The summed E-state index contributed by atoms with van der Waals surface area (Å²) >= 11 is 2.77. The predicted molar refractivity (Wildman–Crippen MR) is 68.7 cm³/mol. The van der Waals surface area contributed by atoms with Crippen LogP contribution in [0.3, 0.4) is 0 Å². The Labute approximate surface area is 112 Å². The number of hydrogen-bond donors (Lipinski definition) is 1. The number of thioether (sulfide) groups is 1. The Morgan fingerprint density at radius 3 is 3.00 bits per heavy atom. The van der Waals surface area contributed by atoms with Gasteiger partial charge in [0, 0.05) is 0 Å². The molecule has 0 aliphatic carbocycles. The molecular weight excluding hydrogens is 274 g/mol. The molecule has 0 unspecified atom stereocenters. The van der Waals surface area contributed by atoms with E-state index in [2.05, 4.69) is 14.9 Å². The first-order chi connectivity index (χ1) is 8.60. The second kappa shape index (κ2) is 5.40. The lowest BCUT2D eigenvalue weighted by molar-refractivity contribution is 0.0599. The standard InChI is InChI=1S/C10H11N3O3S2/c1-5-7(8(14)15-2)3-6(16-5)4-17-10-13-12-9(11)18-10/h3H,4H2,1-2H3,(H2,11,12). The van der Waals surface area contributed by atoms with Gasteiger partial charge in [0.05, 0.1) is 12.9 Å². The van der Waals surface area contributed by atoms with Gasteiger partial charge in [-0.2, -0.15) is 0 Å². The van der Waals surface area contributed by atoms with Crippen molar-refractivity contribution in [2.75, 3.05) is 12.8 Å². The fourth-order valence-corrected chi connectivity index (χ4v) is 2.86. The van der Waals surface area contributed by atoms with Gasteiger partial charge in [0.15, 0.2) is 4.34 Å². The Morgan fingerprint density at radius 2 is 2.39 bits per heavy atom. The third-order valence-corrected chi connectivity index (χ3v) is 4.04. The first-order valence-electron chi connectivity index (χ1n) is 4.99. The van der Waals surface area contributed by atoms with Crippen LogP contribution in [0.15, 0.2) is 14.8 Å². The van der Waals surface area contributed by atoms with Crippen LogP contribution in [0.5, 0.6) is 0 Å². The van der Waals surface area contributed by atoms with Crippen LogP contribution in [0.1, 0.15) is 21.9 Å². The molecule has 8 heteroatoms. The monoisotopic (exact) mass is 285 g/mol. The molecule has 0 aromatic carbocycles. The first-order valence-corrected chi connectivity index (χ1v) is 6.79. The summed E-state index contributed by atoms with van der Waals surface area (Å²) in [6.45, 7) is 1.73. The van der Waals surface area contributed by atoms with Gasteiger partial charge in [0.25, 0.3) is 0 Å². The predicted octanol–water partition coefficient (Wildman–Crippen LogP) is 2.10. The molecular formula is C10H11N3O3S2. The summed E-state index contributed by atoms with van der Waals surface area (Å²) < 4.78 is 10.9. The third kappa shape index (κ3) is 2.82. The number of carbonyl (C=O) groups is 1. The molecule has 2 heterocycles. The van der Waals surface area contributed by atoms with Crippen molar-refractivity contribution in [3.8, 4) is 0 Å². The number of methoxy groups -OCH3 is 1. The van der Waals surface area contributed by atoms with Gasteiger partial charge in [0.2, 0.25) is 5.13 Å². The summed E-state index contributed by atoms with van der Waals surface area (Å²) in [5.74, 6) is 1.40. The maximum absolute atomic E-state index is 11.4. The lowest BCUT2D eigenvalue weighted by Crippen LogP contribution is -2.00. The van der Waals surface area contributed by atoms with E-state index in [1.165, 1.54) is 30.2 Å². The number of nitrogens with two attached hydrogens (primary N) is 1. The first kappa shape index (κ1) is 12.9. The quantitative estimate of drug-likeness (QED) is 0.679. The molecule has 0 fully saturated rings. The Hall–Kier alpha value is -1.54. The highest BCUT2D eigenvalue weighted by molar-refractivity contribution is 8.00. The molecule has 0 radical (unpaired) electrons. The maximum atomic E-state index is 11.4. The van der Waals surface area contributed by atoms with Crippen molar-refractivity contribution in [1.29, 1.82) is 0 Å². The topological polar surface area (TPSA) is 91.2 Å². The Morgan fingerprint density at radius 1 is 1.61 bits per heavy atom. The number of aryl methyl sites for hydroxylation is 1. The molecule has 2 aromatic rings. The molecule has 0 saturated heterocycles. The van der Waals surface area contributed by atoms with E-state index >= 15 is 0 Å². The van der Waals surface area contributed by atoms with E-state index in [4.69, 9.17) is 10.2 Å². The van der Waals surface area contributed by atoms with E-state index in [0.29, 0.717) is 28.0 Å². The largest absolute Gasteiger partial charge is 0.465 e. The Balaban J connectivity index is 2.04. The van der Waals surface area contributed by atoms with E-state index in [0.717, 1.165) is 4.34 Å². The molecule has 0 amide bonds. The van der Waals surface area contributed by atoms with Gasteiger partial charge in [-0.05, 0) is 13.0 Å². The number of anilines is 1. The van der Waals surface area contributed by atoms with Gasteiger partial charge < -0.3 is 14.9 Å². The minimum atomic E-state index is -0.396. The van der Waals surface area contributed by atoms with Gasteiger partial charge in [0.1, 0.15) is 17.1 Å². The number of carbonyl (C=O) groups excluding carboxylic acids is 1. The highest BCUT2D eigenvalue weighted by atomic mass is 32.2. The van der Waals surface area contributed by atoms with Crippen LogP contribution in [-0.2, 0) is 10.5 Å². The zero-order valence-electron chi connectivity index (χ0n) is 9.80. The van der Waals surface area contributed by atoms with Crippen LogP contribution < -0.4 is 5.73 Å². The van der Waals surface area contributed by atoms with Gasteiger partial charge in [-0.3, -0.25) is 0 Å². The van der Waals surface area contributed by atoms with Gasteiger partial charge in [-0.1, -0.05) is 23.1 Å². The van der Waals surface area contributed by atoms with Crippen LogP contribution in [0, 0.1) is 6.92 Å².